The molecular formula is C43H79O14P. The van der Waals surface area contributed by atoms with E-state index in [4.69, 9.17) is 23.3 Å². The molecule has 0 radical (unpaired) electrons. The molecule has 0 aromatic carbocycles. The van der Waals surface area contributed by atoms with Crippen molar-refractivity contribution < 1.29 is 67.8 Å². The summed E-state index contributed by atoms with van der Waals surface area (Å²) in [6.07, 6.45) is 18.7. The van der Waals surface area contributed by atoms with Crippen molar-refractivity contribution in [1.82, 2.24) is 0 Å². The molecule has 1 saturated heterocycles. The van der Waals surface area contributed by atoms with E-state index in [2.05, 4.69) is 26.0 Å². The van der Waals surface area contributed by atoms with E-state index in [1.54, 1.807) is 0 Å². The second kappa shape index (κ2) is 31.4. The second-order valence-electron chi connectivity index (χ2n) is 16.3. The summed E-state index contributed by atoms with van der Waals surface area (Å²) >= 11 is 0. The van der Waals surface area contributed by atoms with Crippen LogP contribution in [0.2, 0.25) is 0 Å². The fraction of sp³-hybridized carbons (Fsp3) is 0.907. The van der Waals surface area contributed by atoms with Crippen LogP contribution in [0.15, 0.2) is 12.2 Å². The van der Waals surface area contributed by atoms with Crippen LogP contribution in [0.25, 0.3) is 0 Å². The standard InChI is InChI=1S/C43H79O14P/c1-3-5-7-8-9-10-11-12-13-14-18-21-25-29-36(44)53-31-33(32-54-58(51,52)57-43-41(49)39(47)38(46)40(48)42(43)50)55-37(45)30-26-22-19-16-15-17-20-24-28-35-34(56-35)27-23-6-4-2/h20,24,33-35,38-43,46-50H,3-19,21-23,25-32H2,1-2H3,(H,51,52)/b24-20-. The summed E-state index contributed by atoms with van der Waals surface area (Å²) in [4.78, 5) is 35.7. The first-order valence-electron chi connectivity index (χ1n) is 22.6. The van der Waals surface area contributed by atoms with Crippen molar-refractivity contribution in [2.24, 2.45) is 0 Å². The molecule has 0 amide bonds. The maximum Gasteiger partial charge on any atom is 0.472 e. The molecule has 0 aromatic heterocycles. The number of phosphoric acid groups is 1. The highest BCUT2D eigenvalue weighted by Crippen LogP contribution is 2.47. The van der Waals surface area contributed by atoms with Gasteiger partial charge in [0.05, 0.1) is 18.8 Å². The normalized spacial score (nSPS) is 26.1. The number of unbranched alkanes of at least 4 members (excludes halogenated alkanes) is 19. The molecule has 2 rings (SSSR count). The van der Waals surface area contributed by atoms with Gasteiger partial charge in [0.1, 0.15) is 43.2 Å². The van der Waals surface area contributed by atoms with Gasteiger partial charge in [0.2, 0.25) is 0 Å². The molecule has 0 spiro atoms. The molecule has 58 heavy (non-hydrogen) atoms. The third kappa shape index (κ3) is 23.5. The SMILES string of the molecule is CCCCCCCCCCCCCCCC(=O)OCC(COP(=O)(O)OC1C(O)C(O)C(O)C(O)C1O)OC(=O)CCCCCCC/C=C\CC1OC1CCCCC. The zero-order chi connectivity index (χ0) is 42.6. The largest absolute Gasteiger partial charge is 0.472 e. The van der Waals surface area contributed by atoms with Gasteiger partial charge in [0.15, 0.2) is 6.10 Å². The maximum absolute atomic E-state index is 12.8. The highest BCUT2D eigenvalue weighted by atomic mass is 31.2. The van der Waals surface area contributed by atoms with E-state index in [1.807, 2.05) is 0 Å². The third-order valence-electron chi connectivity index (χ3n) is 11.0. The van der Waals surface area contributed by atoms with Gasteiger partial charge < -0.3 is 44.6 Å². The predicted octanol–water partition coefficient (Wildman–Crippen LogP) is 7.27. The van der Waals surface area contributed by atoms with Gasteiger partial charge in [-0.15, -0.1) is 0 Å². The predicted molar refractivity (Wildman–Crippen MR) is 221 cm³/mol. The Morgan fingerprint density at radius 1 is 0.603 bits per heavy atom. The van der Waals surface area contributed by atoms with Crippen LogP contribution in [-0.2, 0) is 37.4 Å². The van der Waals surface area contributed by atoms with E-state index >= 15 is 0 Å². The first-order chi connectivity index (χ1) is 27.9. The average molecular weight is 851 g/mol. The molecule has 2 fully saturated rings. The summed E-state index contributed by atoms with van der Waals surface area (Å²) in [7, 11) is -5.12. The van der Waals surface area contributed by atoms with Crippen molar-refractivity contribution in [1.29, 1.82) is 0 Å². The lowest BCUT2D eigenvalue weighted by Gasteiger charge is -2.41. The van der Waals surface area contributed by atoms with E-state index < -0.39 is 75.7 Å². The topological polar surface area (TPSA) is 222 Å². The molecule has 340 valence electrons. The van der Waals surface area contributed by atoms with Crippen LogP contribution in [0, 0.1) is 0 Å². The molecule has 0 bridgehead atoms. The summed E-state index contributed by atoms with van der Waals surface area (Å²) in [5.74, 6) is -1.11. The number of aliphatic hydroxyl groups excluding tert-OH is 5. The third-order valence-corrected chi connectivity index (χ3v) is 12.0. The van der Waals surface area contributed by atoms with Crippen LogP contribution < -0.4 is 0 Å². The van der Waals surface area contributed by atoms with Crippen molar-refractivity contribution in [2.45, 2.75) is 236 Å². The number of rotatable bonds is 36. The molecule has 2 aliphatic rings. The molecule has 1 heterocycles. The van der Waals surface area contributed by atoms with Crippen LogP contribution in [0.4, 0.5) is 0 Å². The molecule has 1 aliphatic heterocycles. The fourth-order valence-corrected chi connectivity index (χ4v) is 8.21. The number of hydrogen-bond acceptors (Lipinski definition) is 13. The van der Waals surface area contributed by atoms with Crippen LogP contribution in [0.5, 0.6) is 0 Å². The van der Waals surface area contributed by atoms with Gasteiger partial charge in [-0.1, -0.05) is 142 Å². The quantitative estimate of drug-likeness (QED) is 0.0120. The number of phosphoric ester groups is 1. The van der Waals surface area contributed by atoms with Crippen molar-refractivity contribution in [3.05, 3.63) is 12.2 Å². The summed E-state index contributed by atoms with van der Waals surface area (Å²) in [5, 5.41) is 50.1. The van der Waals surface area contributed by atoms with Gasteiger partial charge >= 0.3 is 19.8 Å². The lowest BCUT2D eigenvalue weighted by molar-refractivity contribution is -0.220. The zero-order valence-corrected chi connectivity index (χ0v) is 36.4. The number of hydrogen-bond donors (Lipinski definition) is 6. The molecule has 8 unspecified atom stereocenters. The Bertz CT molecular complexity index is 1140. The summed E-state index contributed by atoms with van der Waals surface area (Å²) in [6.45, 7) is 3.25. The Labute approximate surface area is 348 Å². The number of esters is 2. The van der Waals surface area contributed by atoms with Gasteiger partial charge in [0, 0.05) is 12.8 Å². The number of allylic oxidation sites excluding steroid dienone is 1. The van der Waals surface area contributed by atoms with Crippen LogP contribution >= 0.6 is 7.82 Å². The number of aliphatic hydroxyl groups is 5. The summed E-state index contributed by atoms with van der Waals surface area (Å²) in [5.41, 5.74) is 0. The van der Waals surface area contributed by atoms with Gasteiger partial charge in [-0.2, -0.15) is 0 Å². The minimum atomic E-state index is -5.12. The highest BCUT2D eigenvalue weighted by Gasteiger charge is 2.51. The van der Waals surface area contributed by atoms with E-state index in [1.165, 1.54) is 77.0 Å². The van der Waals surface area contributed by atoms with E-state index in [0.29, 0.717) is 25.0 Å². The van der Waals surface area contributed by atoms with Gasteiger partial charge in [-0.3, -0.25) is 18.6 Å². The minimum Gasteiger partial charge on any atom is -0.462 e. The molecular weight excluding hydrogens is 771 g/mol. The summed E-state index contributed by atoms with van der Waals surface area (Å²) < 4.78 is 39.2. The van der Waals surface area contributed by atoms with Crippen molar-refractivity contribution in [3.8, 4) is 0 Å². The Morgan fingerprint density at radius 2 is 1.09 bits per heavy atom. The molecule has 6 N–H and O–H groups in total. The Morgan fingerprint density at radius 3 is 1.66 bits per heavy atom. The molecule has 15 heteroatoms. The van der Waals surface area contributed by atoms with Crippen LogP contribution in [0.1, 0.15) is 181 Å². The Kier molecular flexibility index (Phi) is 28.5. The zero-order valence-electron chi connectivity index (χ0n) is 35.5. The second-order valence-corrected chi connectivity index (χ2v) is 17.7. The number of carbonyl (C=O) groups excluding carboxylic acids is 2. The lowest BCUT2D eigenvalue weighted by Crippen LogP contribution is -2.64. The number of ether oxygens (including phenoxy) is 3. The van der Waals surface area contributed by atoms with Crippen molar-refractivity contribution in [2.75, 3.05) is 13.2 Å². The highest BCUT2D eigenvalue weighted by molar-refractivity contribution is 7.47. The molecule has 8 atom stereocenters. The maximum atomic E-state index is 12.8. The van der Waals surface area contributed by atoms with Crippen molar-refractivity contribution >= 4 is 19.8 Å². The first-order valence-corrected chi connectivity index (χ1v) is 24.1. The minimum absolute atomic E-state index is 0.0793. The van der Waals surface area contributed by atoms with Gasteiger partial charge in [-0.05, 0) is 38.5 Å². The fourth-order valence-electron chi connectivity index (χ4n) is 7.24. The molecule has 1 saturated carbocycles. The van der Waals surface area contributed by atoms with E-state index in [9.17, 15) is 44.6 Å². The van der Waals surface area contributed by atoms with Crippen LogP contribution in [0.3, 0.4) is 0 Å². The number of carbonyl (C=O) groups is 2. The Hall–Kier alpha value is -1.45. The molecule has 0 aromatic rings. The first kappa shape index (κ1) is 52.7. The molecule has 1 aliphatic carbocycles. The molecule has 14 nitrogen and oxygen atoms in total. The Balaban J connectivity index is 1.71. The summed E-state index contributed by atoms with van der Waals surface area (Å²) in [6, 6.07) is 0. The van der Waals surface area contributed by atoms with Crippen LogP contribution in [-0.4, -0.2) is 111 Å². The average Bonchev–Trinajstić information content (AvgIpc) is 3.96. The van der Waals surface area contributed by atoms with Gasteiger partial charge in [0.25, 0.3) is 0 Å². The van der Waals surface area contributed by atoms with Gasteiger partial charge in [-0.25, -0.2) is 4.57 Å². The lowest BCUT2D eigenvalue weighted by atomic mass is 9.85. The number of epoxide rings is 1. The smallest absolute Gasteiger partial charge is 0.462 e. The van der Waals surface area contributed by atoms with Crippen molar-refractivity contribution in [3.63, 3.8) is 0 Å². The van der Waals surface area contributed by atoms with E-state index in [-0.39, 0.29) is 12.8 Å². The van der Waals surface area contributed by atoms with E-state index in [0.717, 1.165) is 64.2 Å². The monoisotopic (exact) mass is 851 g/mol.